The third-order valence-corrected chi connectivity index (χ3v) is 3.13. The van der Waals surface area contributed by atoms with Crippen LogP contribution < -0.4 is 10.7 Å². The van der Waals surface area contributed by atoms with Gasteiger partial charge in [0.1, 0.15) is 5.75 Å². The van der Waals surface area contributed by atoms with Gasteiger partial charge in [-0.1, -0.05) is 17.7 Å². The number of phenols is 1. The van der Waals surface area contributed by atoms with E-state index in [4.69, 9.17) is 11.6 Å². The molecule has 0 aromatic heterocycles. The van der Waals surface area contributed by atoms with Gasteiger partial charge in [-0.25, -0.2) is 5.43 Å². The summed E-state index contributed by atoms with van der Waals surface area (Å²) in [7, 11) is 0. The molecule has 9 heteroatoms. The van der Waals surface area contributed by atoms with Crippen molar-refractivity contribution in [1.29, 1.82) is 0 Å². The van der Waals surface area contributed by atoms with E-state index >= 15 is 0 Å². The summed E-state index contributed by atoms with van der Waals surface area (Å²) in [5.74, 6) is -0.619. The topological polar surface area (TPSA) is 117 Å². The van der Waals surface area contributed by atoms with Gasteiger partial charge in [0.25, 0.3) is 11.6 Å². The van der Waals surface area contributed by atoms with Crippen LogP contribution in [0, 0.1) is 10.1 Å². The molecule has 0 aliphatic rings. The number of nitrogens with zero attached hydrogens (tertiary/aromatic N) is 2. The van der Waals surface area contributed by atoms with Crippen LogP contribution in [0.25, 0.3) is 0 Å². The molecule has 2 rings (SSSR count). The molecule has 0 atom stereocenters. The number of nitrogens with one attached hydrogen (secondary N) is 2. The number of amides is 1. The first-order valence-electron chi connectivity index (χ1n) is 6.74. The van der Waals surface area contributed by atoms with Crippen LogP contribution in [-0.4, -0.2) is 28.7 Å². The van der Waals surface area contributed by atoms with Gasteiger partial charge in [0.15, 0.2) is 0 Å². The van der Waals surface area contributed by atoms with E-state index in [9.17, 15) is 20.0 Å². The normalized spacial score (nSPS) is 10.5. The molecule has 0 bridgehead atoms. The minimum Gasteiger partial charge on any atom is -0.507 e. The molecular weight excluding hydrogens is 336 g/mol. The van der Waals surface area contributed by atoms with Crippen LogP contribution in [0.5, 0.6) is 5.75 Å². The SMILES string of the molecule is O=C(CNc1cccc(Cl)c1)N/N=C\c1cc([N+](=O)[O-])ccc1O. The van der Waals surface area contributed by atoms with Gasteiger partial charge in [-0.3, -0.25) is 14.9 Å². The molecule has 2 aromatic rings. The number of rotatable bonds is 6. The highest BCUT2D eigenvalue weighted by molar-refractivity contribution is 6.30. The van der Waals surface area contributed by atoms with Crippen molar-refractivity contribution in [3.8, 4) is 5.75 Å². The summed E-state index contributed by atoms with van der Waals surface area (Å²) in [6.45, 7) is -0.0431. The Bertz CT molecular complexity index is 795. The van der Waals surface area contributed by atoms with Crippen molar-refractivity contribution >= 4 is 35.1 Å². The van der Waals surface area contributed by atoms with Gasteiger partial charge in [-0.2, -0.15) is 5.10 Å². The Balaban J connectivity index is 1.90. The number of phenolic OH excluding ortho intramolecular Hbond substituents is 1. The second-order valence-electron chi connectivity index (χ2n) is 4.66. The number of benzene rings is 2. The number of hydrazone groups is 1. The molecule has 0 radical (unpaired) electrons. The number of nitro groups is 1. The van der Waals surface area contributed by atoms with Crippen molar-refractivity contribution < 1.29 is 14.8 Å². The molecule has 0 fully saturated rings. The standard InChI is InChI=1S/C15H13ClN4O4/c16-11-2-1-3-12(7-11)17-9-15(22)19-18-8-10-6-13(20(23)24)4-5-14(10)21/h1-8,17,21H,9H2,(H,19,22)/b18-8-. The van der Waals surface area contributed by atoms with E-state index in [1.165, 1.54) is 12.1 Å². The fraction of sp³-hybridized carbons (Fsp3) is 0.0667. The van der Waals surface area contributed by atoms with E-state index in [1.54, 1.807) is 24.3 Å². The highest BCUT2D eigenvalue weighted by Crippen LogP contribution is 2.21. The third-order valence-electron chi connectivity index (χ3n) is 2.89. The molecule has 0 heterocycles. The molecule has 1 amide bonds. The molecule has 124 valence electrons. The quantitative estimate of drug-likeness (QED) is 0.421. The summed E-state index contributed by atoms with van der Waals surface area (Å²) >= 11 is 5.83. The fourth-order valence-corrected chi connectivity index (χ4v) is 1.94. The molecule has 0 aliphatic carbocycles. The molecule has 0 spiro atoms. The molecular formula is C15H13ClN4O4. The van der Waals surface area contributed by atoms with Crippen molar-refractivity contribution in [2.24, 2.45) is 5.10 Å². The lowest BCUT2D eigenvalue weighted by atomic mass is 10.2. The summed E-state index contributed by atoms with van der Waals surface area (Å²) < 4.78 is 0. The summed E-state index contributed by atoms with van der Waals surface area (Å²) in [5.41, 5.74) is 2.85. The lowest BCUT2D eigenvalue weighted by molar-refractivity contribution is -0.384. The Morgan fingerprint density at radius 1 is 1.33 bits per heavy atom. The van der Waals surface area contributed by atoms with E-state index in [1.807, 2.05) is 0 Å². The Labute approximate surface area is 141 Å². The minimum atomic E-state index is -0.593. The molecule has 0 unspecified atom stereocenters. The van der Waals surface area contributed by atoms with Crippen LogP contribution in [0.4, 0.5) is 11.4 Å². The molecule has 8 nitrogen and oxygen atoms in total. The van der Waals surface area contributed by atoms with Gasteiger partial charge in [-0.05, 0) is 24.3 Å². The average Bonchev–Trinajstić information content (AvgIpc) is 2.54. The molecule has 24 heavy (non-hydrogen) atoms. The van der Waals surface area contributed by atoms with Crippen molar-refractivity contribution in [2.45, 2.75) is 0 Å². The molecule has 2 aromatic carbocycles. The van der Waals surface area contributed by atoms with Crippen LogP contribution in [-0.2, 0) is 4.79 Å². The number of anilines is 1. The van der Waals surface area contributed by atoms with E-state index in [0.29, 0.717) is 10.7 Å². The van der Waals surface area contributed by atoms with E-state index in [2.05, 4.69) is 15.8 Å². The van der Waals surface area contributed by atoms with Crippen molar-refractivity contribution in [3.63, 3.8) is 0 Å². The van der Waals surface area contributed by atoms with Crippen molar-refractivity contribution in [2.75, 3.05) is 11.9 Å². The van der Waals surface area contributed by atoms with Crippen LogP contribution in [0.1, 0.15) is 5.56 Å². The highest BCUT2D eigenvalue weighted by Gasteiger charge is 2.08. The number of aromatic hydroxyl groups is 1. The van der Waals surface area contributed by atoms with Crippen LogP contribution >= 0.6 is 11.6 Å². The van der Waals surface area contributed by atoms with E-state index < -0.39 is 10.8 Å². The van der Waals surface area contributed by atoms with Crippen molar-refractivity contribution in [3.05, 3.63) is 63.2 Å². The van der Waals surface area contributed by atoms with Gasteiger partial charge in [0.2, 0.25) is 0 Å². The maximum atomic E-state index is 11.7. The first-order chi connectivity index (χ1) is 11.5. The predicted molar refractivity (Wildman–Crippen MR) is 90.4 cm³/mol. The number of carbonyl (C=O) groups is 1. The maximum Gasteiger partial charge on any atom is 0.270 e. The second kappa shape index (κ2) is 7.93. The average molecular weight is 349 g/mol. The van der Waals surface area contributed by atoms with Crippen LogP contribution in [0.2, 0.25) is 5.02 Å². The smallest absolute Gasteiger partial charge is 0.270 e. The second-order valence-corrected chi connectivity index (χ2v) is 5.09. The van der Waals surface area contributed by atoms with Gasteiger partial charge in [0.05, 0.1) is 17.7 Å². The highest BCUT2D eigenvalue weighted by atomic mass is 35.5. The van der Waals surface area contributed by atoms with Crippen molar-refractivity contribution in [1.82, 2.24) is 5.43 Å². The zero-order valence-electron chi connectivity index (χ0n) is 12.3. The first kappa shape index (κ1) is 17.2. The number of halogens is 1. The Hall–Kier alpha value is -3.13. The number of carbonyl (C=O) groups excluding carboxylic acids is 1. The zero-order valence-corrected chi connectivity index (χ0v) is 13.0. The Morgan fingerprint density at radius 3 is 2.83 bits per heavy atom. The predicted octanol–water partition coefficient (Wildman–Crippen LogP) is 2.52. The van der Waals surface area contributed by atoms with Gasteiger partial charge in [0, 0.05) is 28.4 Å². The van der Waals surface area contributed by atoms with E-state index in [0.717, 1.165) is 12.3 Å². The number of non-ortho nitro benzene ring substituents is 1. The van der Waals surface area contributed by atoms with E-state index in [-0.39, 0.29) is 23.5 Å². The first-order valence-corrected chi connectivity index (χ1v) is 7.12. The summed E-state index contributed by atoms with van der Waals surface area (Å²) in [6.07, 6.45) is 1.12. The van der Waals surface area contributed by atoms with Gasteiger partial charge < -0.3 is 10.4 Å². The monoisotopic (exact) mass is 348 g/mol. The third kappa shape index (κ3) is 4.96. The number of hydrogen-bond acceptors (Lipinski definition) is 6. The lowest BCUT2D eigenvalue weighted by Gasteiger charge is -2.05. The van der Waals surface area contributed by atoms with Crippen LogP contribution in [0.15, 0.2) is 47.6 Å². The maximum absolute atomic E-state index is 11.7. The summed E-state index contributed by atoms with van der Waals surface area (Å²) in [4.78, 5) is 21.7. The molecule has 0 saturated heterocycles. The number of nitro benzene ring substituents is 1. The zero-order chi connectivity index (χ0) is 17.5. The van der Waals surface area contributed by atoms with Crippen LogP contribution in [0.3, 0.4) is 0 Å². The largest absolute Gasteiger partial charge is 0.507 e. The Kier molecular flexibility index (Phi) is 5.69. The van der Waals surface area contributed by atoms with Gasteiger partial charge >= 0.3 is 0 Å². The summed E-state index contributed by atoms with van der Waals surface area (Å²) in [6, 6.07) is 10.4. The molecule has 3 N–H and O–H groups in total. The summed E-state index contributed by atoms with van der Waals surface area (Å²) in [5, 5.41) is 27.4. The van der Waals surface area contributed by atoms with Gasteiger partial charge in [-0.15, -0.1) is 0 Å². The Morgan fingerprint density at radius 2 is 2.12 bits per heavy atom. The molecule has 0 aliphatic heterocycles. The fourth-order valence-electron chi connectivity index (χ4n) is 1.75. The minimum absolute atomic E-state index is 0.0431. The number of hydrogen-bond donors (Lipinski definition) is 3. The lowest BCUT2D eigenvalue weighted by Crippen LogP contribution is -2.25. The molecule has 0 saturated carbocycles.